The smallest absolute Gasteiger partial charge is 0.338 e. The Bertz CT molecular complexity index is 1530. The van der Waals surface area contributed by atoms with E-state index >= 15 is 0 Å². The summed E-state index contributed by atoms with van der Waals surface area (Å²) in [5.41, 5.74) is 1.45. The predicted molar refractivity (Wildman–Crippen MR) is 145 cm³/mol. The molecule has 0 radical (unpaired) electrons. The number of nitrogens with one attached hydrogen (secondary N) is 1. The second-order valence-electron chi connectivity index (χ2n) is 7.93. The summed E-state index contributed by atoms with van der Waals surface area (Å²) in [5, 5.41) is 3.58. The minimum absolute atomic E-state index is 0.162. The van der Waals surface area contributed by atoms with E-state index < -0.39 is 16.0 Å². The van der Waals surface area contributed by atoms with Crippen LogP contribution in [0.2, 0.25) is 0 Å². The normalized spacial score (nSPS) is 11.2. The number of thiophene rings is 1. The van der Waals surface area contributed by atoms with Gasteiger partial charge in [-0.15, -0.1) is 11.3 Å². The van der Waals surface area contributed by atoms with Crippen LogP contribution in [0, 0.1) is 0 Å². The molecule has 0 aliphatic rings. The lowest BCUT2D eigenvalue weighted by Crippen LogP contribution is -2.30. The van der Waals surface area contributed by atoms with Crippen LogP contribution < -0.4 is 14.4 Å². The number of amides is 1. The number of methoxy groups -OCH3 is 1. The van der Waals surface area contributed by atoms with Crippen molar-refractivity contribution in [3.05, 3.63) is 83.2 Å². The number of carbonyl (C=O) groups is 2. The van der Waals surface area contributed by atoms with Crippen LogP contribution in [0.3, 0.4) is 0 Å². The van der Waals surface area contributed by atoms with E-state index in [1.807, 2.05) is 6.07 Å². The van der Waals surface area contributed by atoms with E-state index in [0.29, 0.717) is 27.6 Å². The minimum atomic E-state index is -3.79. The number of esters is 1. The zero-order chi connectivity index (χ0) is 26.6. The van der Waals surface area contributed by atoms with E-state index in [0.717, 1.165) is 10.1 Å². The first-order chi connectivity index (χ1) is 17.8. The molecule has 192 valence electrons. The molecule has 0 spiro atoms. The molecule has 4 rings (SSSR count). The topological polar surface area (TPSA) is 102 Å². The number of carbonyl (C=O) groups excluding carboxylic acids is 2. The van der Waals surface area contributed by atoms with Gasteiger partial charge in [-0.3, -0.25) is 9.10 Å². The first kappa shape index (κ1) is 26.2. The second kappa shape index (κ2) is 11.0. The van der Waals surface area contributed by atoms with Crippen molar-refractivity contribution in [3.8, 4) is 5.75 Å². The lowest BCUT2D eigenvalue weighted by molar-refractivity contribution is 0.0526. The molecule has 1 N–H and O–H groups in total. The molecule has 37 heavy (non-hydrogen) atoms. The molecule has 1 heterocycles. The molecule has 0 bridgehead atoms. The van der Waals surface area contributed by atoms with Gasteiger partial charge in [-0.25, -0.2) is 13.2 Å². The molecule has 0 saturated carbocycles. The summed E-state index contributed by atoms with van der Waals surface area (Å²) in [6.07, 6.45) is 0. The van der Waals surface area contributed by atoms with Crippen LogP contribution >= 0.6 is 11.3 Å². The number of ether oxygens (including phenoxy) is 2. The predicted octanol–water partition coefficient (Wildman–Crippen LogP) is 5.55. The molecule has 0 aliphatic carbocycles. The fraction of sp³-hybridized carbons (Fsp3) is 0.185. The van der Waals surface area contributed by atoms with Crippen molar-refractivity contribution < 1.29 is 27.5 Å². The molecule has 1 amide bonds. The highest BCUT2D eigenvalue weighted by Crippen LogP contribution is 2.32. The Morgan fingerprint density at radius 1 is 0.946 bits per heavy atom. The van der Waals surface area contributed by atoms with Gasteiger partial charge in [-0.05, 0) is 92.0 Å². The van der Waals surface area contributed by atoms with Gasteiger partial charge in [0.1, 0.15) is 5.75 Å². The van der Waals surface area contributed by atoms with Crippen LogP contribution in [-0.4, -0.2) is 40.6 Å². The molecule has 10 heteroatoms. The Balaban J connectivity index is 1.55. The largest absolute Gasteiger partial charge is 0.497 e. The van der Waals surface area contributed by atoms with E-state index in [4.69, 9.17) is 9.47 Å². The summed E-state index contributed by atoms with van der Waals surface area (Å²) < 4.78 is 38.9. The average Bonchev–Trinajstić information content (AvgIpc) is 3.33. The SMILES string of the molecule is CCOC(=O)c1ccc(NC(=O)c2cc3cc(N(CC)S(=O)(=O)c4ccc(OC)cc4)ccc3s2)cc1. The summed E-state index contributed by atoms with van der Waals surface area (Å²) in [6, 6.07) is 19.8. The van der Waals surface area contributed by atoms with Gasteiger partial charge in [-0.2, -0.15) is 0 Å². The van der Waals surface area contributed by atoms with E-state index in [2.05, 4.69) is 5.32 Å². The maximum Gasteiger partial charge on any atom is 0.338 e. The molecular weight excluding hydrogens is 512 g/mol. The molecule has 3 aromatic carbocycles. The van der Waals surface area contributed by atoms with E-state index in [9.17, 15) is 18.0 Å². The zero-order valence-corrected chi connectivity index (χ0v) is 22.2. The van der Waals surface area contributed by atoms with Crippen LogP contribution in [-0.2, 0) is 14.8 Å². The van der Waals surface area contributed by atoms with Gasteiger partial charge in [0.15, 0.2) is 0 Å². The Kier molecular flexibility index (Phi) is 7.80. The highest BCUT2D eigenvalue weighted by Gasteiger charge is 2.24. The second-order valence-corrected chi connectivity index (χ2v) is 10.9. The average molecular weight is 539 g/mol. The Hall–Kier alpha value is -3.89. The molecule has 0 fully saturated rings. The lowest BCUT2D eigenvalue weighted by Gasteiger charge is -2.23. The van der Waals surface area contributed by atoms with Crippen LogP contribution in [0.25, 0.3) is 10.1 Å². The summed E-state index contributed by atoms with van der Waals surface area (Å²) in [7, 11) is -2.27. The maximum absolute atomic E-state index is 13.3. The minimum Gasteiger partial charge on any atom is -0.497 e. The van der Waals surface area contributed by atoms with Gasteiger partial charge >= 0.3 is 5.97 Å². The Morgan fingerprint density at radius 2 is 1.65 bits per heavy atom. The fourth-order valence-electron chi connectivity index (χ4n) is 3.76. The highest BCUT2D eigenvalue weighted by atomic mass is 32.2. The molecule has 0 unspecified atom stereocenters. The lowest BCUT2D eigenvalue weighted by atomic mass is 10.2. The van der Waals surface area contributed by atoms with Crippen molar-refractivity contribution in [2.24, 2.45) is 0 Å². The number of fused-ring (bicyclic) bond motifs is 1. The number of anilines is 2. The molecule has 0 saturated heterocycles. The van der Waals surface area contributed by atoms with Crippen molar-refractivity contribution in [2.45, 2.75) is 18.7 Å². The van der Waals surface area contributed by atoms with Gasteiger partial charge < -0.3 is 14.8 Å². The van der Waals surface area contributed by atoms with Crippen molar-refractivity contribution in [3.63, 3.8) is 0 Å². The standard InChI is InChI=1S/C27H26N2O6S2/c1-4-29(37(32,33)23-13-11-22(34-3)12-14-23)21-10-15-24-19(16-21)17-25(36-24)26(30)28-20-8-6-18(7-9-20)27(31)35-5-2/h6-17H,4-5H2,1-3H3,(H,28,30). The summed E-state index contributed by atoms with van der Waals surface area (Å²) >= 11 is 1.31. The van der Waals surface area contributed by atoms with Crippen LogP contribution in [0.1, 0.15) is 33.9 Å². The number of rotatable bonds is 9. The molecular formula is C27H26N2O6S2. The van der Waals surface area contributed by atoms with Crippen molar-refractivity contribution in [1.29, 1.82) is 0 Å². The van der Waals surface area contributed by atoms with Gasteiger partial charge in [0.05, 0.1) is 34.7 Å². The monoisotopic (exact) mass is 538 g/mol. The number of hydrogen-bond donors (Lipinski definition) is 1. The van der Waals surface area contributed by atoms with E-state index in [-0.39, 0.29) is 24.0 Å². The third-order valence-corrected chi connectivity index (χ3v) is 8.63. The van der Waals surface area contributed by atoms with Crippen LogP contribution in [0.5, 0.6) is 5.75 Å². The van der Waals surface area contributed by atoms with Crippen LogP contribution in [0.4, 0.5) is 11.4 Å². The highest BCUT2D eigenvalue weighted by molar-refractivity contribution is 7.92. The zero-order valence-electron chi connectivity index (χ0n) is 20.6. The summed E-state index contributed by atoms with van der Waals surface area (Å²) in [5.74, 6) is -0.150. The molecule has 8 nitrogen and oxygen atoms in total. The van der Waals surface area contributed by atoms with E-state index in [1.54, 1.807) is 68.4 Å². The molecule has 0 aliphatic heterocycles. The molecule has 4 aromatic rings. The van der Waals surface area contributed by atoms with E-state index in [1.165, 1.54) is 34.9 Å². The molecule has 1 aromatic heterocycles. The third kappa shape index (κ3) is 5.60. The quantitative estimate of drug-likeness (QED) is 0.280. The fourth-order valence-corrected chi connectivity index (χ4v) is 6.16. The Morgan fingerprint density at radius 3 is 2.27 bits per heavy atom. The van der Waals surface area contributed by atoms with Gasteiger partial charge in [0.25, 0.3) is 15.9 Å². The van der Waals surface area contributed by atoms with Crippen LogP contribution in [0.15, 0.2) is 77.7 Å². The van der Waals surface area contributed by atoms with Gasteiger partial charge in [-0.1, -0.05) is 0 Å². The van der Waals surface area contributed by atoms with Crippen molar-refractivity contribution in [1.82, 2.24) is 0 Å². The van der Waals surface area contributed by atoms with Crippen molar-refractivity contribution >= 4 is 54.7 Å². The summed E-state index contributed by atoms with van der Waals surface area (Å²) in [6.45, 7) is 4.03. The number of nitrogens with zero attached hydrogens (tertiary/aromatic N) is 1. The number of benzene rings is 3. The van der Waals surface area contributed by atoms with Gasteiger partial charge in [0, 0.05) is 16.9 Å². The number of hydrogen-bond acceptors (Lipinski definition) is 7. The van der Waals surface area contributed by atoms with Crippen molar-refractivity contribution in [2.75, 3.05) is 29.9 Å². The van der Waals surface area contributed by atoms with Gasteiger partial charge in [0.2, 0.25) is 0 Å². The first-order valence-electron chi connectivity index (χ1n) is 11.6. The molecule has 0 atom stereocenters. The first-order valence-corrected chi connectivity index (χ1v) is 13.8. The summed E-state index contributed by atoms with van der Waals surface area (Å²) in [4.78, 5) is 25.3. The Labute approximate surface area is 219 Å². The number of sulfonamides is 1. The maximum atomic E-state index is 13.3. The third-order valence-electron chi connectivity index (χ3n) is 5.60.